The van der Waals surface area contributed by atoms with Crippen molar-refractivity contribution in [2.45, 2.75) is 24.9 Å². The molecule has 1 aromatic carbocycles. The number of hydrogen-bond donors (Lipinski definition) is 4. The molecule has 1 fully saturated rings. The molecule has 1 aliphatic heterocycles. The Hall–Kier alpha value is -1.66. The van der Waals surface area contributed by atoms with Gasteiger partial charge in [-0.1, -0.05) is 36.4 Å². The maximum absolute atomic E-state index is 6.29. The Morgan fingerprint density at radius 2 is 1.92 bits per heavy atom. The van der Waals surface area contributed by atoms with Gasteiger partial charge in [-0.05, 0) is 43.0 Å². The van der Waals surface area contributed by atoms with Crippen LogP contribution in [-0.4, -0.2) is 36.7 Å². The van der Waals surface area contributed by atoms with E-state index in [0.717, 1.165) is 38.2 Å². The molecule has 136 valence electrons. The smallest absolute Gasteiger partial charge is 0.123 e. The van der Waals surface area contributed by atoms with Crippen molar-refractivity contribution in [2.24, 2.45) is 11.7 Å². The van der Waals surface area contributed by atoms with E-state index in [2.05, 4.69) is 39.9 Å². The second kappa shape index (κ2) is 9.73. The van der Waals surface area contributed by atoms with Crippen LogP contribution in [-0.2, 0) is 12.8 Å². The second-order valence-electron chi connectivity index (χ2n) is 6.64. The van der Waals surface area contributed by atoms with Gasteiger partial charge in [-0.15, -0.1) is 12.4 Å². The fourth-order valence-corrected chi connectivity index (χ4v) is 3.36. The fourth-order valence-electron chi connectivity index (χ4n) is 3.36. The zero-order chi connectivity index (χ0) is 16.8. The highest BCUT2D eigenvalue weighted by molar-refractivity contribution is 5.85. The van der Waals surface area contributed by atoms with E-state index in [0.29, 0.717) is 17.8 Å². The Bertz CT molecular complexity index is 637. The third kappa shape index (κ3) is 5.97. The molecule has 0 spiro atoms. The zero-order valence-corrected chi connectivity index (χ0v) is 15.2. The third-order valence-electron chi connectivity index (χ3n) is 4.62. The van der Waals surface area contributed by atoms with E-state index in [9.17, 15) is 0 Å². The standard InChI is InChI=1S/C19H27N5.ClH/c20-16(9-14-5-2-1-3-6-14)12-23-18-13-22-11-15(18)10-17-7-4-8-19(21)24-17;/h1-8,15-16,18,22-23H,9-13,20H2,(H2,21,24);1H/t15-,16+,18-;/m0./s1. The number of pyridine rings is 1. The molecule has 6 N–H and O–H groups in total. The summed E-state index contributed by atoms with van der Waals surface area (Å²) < 4.78 is 0. The lowest BCUT2D eigenvalue weighted by Gasteiger charge is -2.22. The minimum Gasteiger partial charge on any atom is -0.384 e. The van der Waals surface area contributed by atoms with E-state index in [1.54, 1.807) is 0 Å². The maximum Gasteiger partial charge on any atom is 0.123 e. The summed E-state index contributed by atoms with van der Waals surface area (Å²) in [5.41, 5.74) is 14.4. The maximum atomic E-state index is 6.29. The highest BCUT2D eigenvalue weighted by atomic mass is 35.5. The van der Waals surface area contributed by atoms with Crippen LogP contribution in [0.2, 0.25) is 0 Å². The Kier molecular flexibility index (Phi) is 7.65. The number of nitrogens with two attached hydrogens (primary N) is 2. The lowest BCUT2D eigenvalue weighted by atomic mass is 9.97. The normalized spacial score (nSPS) is 20.8. The predicted octanol–water partition coefficient (Wildman–Crippen LogP) is 1.38. The summed E-state index contributed by atoms with van der Waals surface area (Å²) in [6.45, 7) is 2.80. The first-order chi connectivity index (χ1) is 11.7. The van der Waals surface area contributed by atoms with Crippen LogP contribution in [0.1, 0.15) is 11.3 Å². The molecule has 6 heteroatoms. The van der Waals surface area contributed by atoms with Crippen LogP contribution in [0.25, 0.3) is 0 Å². The Morgan fingerprint density at radius 3 is 2.68 bits per heavy atom. The van der Waals surface area contributed by atoms with Gasteiger partial charge in [0.1, 0.15) is 5.82 Å². The van der Waals surface area contributed by atoms with Crippen LogP contribution in [0, 0.1) is 5.92 Å². The number of halogens is 1. The minimum atomic E-state index is 0. The first kappa shape index (κ1) is 19.7. The number of aromatic nitrogens is 1. The van der Waals surface area contributed by atoms with E-state index in [1.165, 1.54) is 5.56 Å². The van der Waals surface area contributed by atoms with Gasteiger partial charge in [0.15, 0.2) is 0 Å². The first-order valence-corrected chi connectivity index (χ1v) is 8.65. The molecule has 3 rings (SSSR count). The van der Waals surface area contributed by atoms with E-state index in [4.69, 9.17) is 11.5 Å². The fraction of sp³-hybridized carbons (Fsp3) is 0.421. The van der Waals surface area contributed by atoms with Crippen molar-refractivity contribution in [1.29, 1.82) is 0 Å². The van der Waals surface area contributed by atoms with Crippen molar-refractivity contribution in [3.8, 4) is 0 Å². The van der Waals surface area contributed by atoms with Crippen LogP contribution in [0.5, 0.6) is 0 Å². The molecule has 0 amide bonds. The first-order valence-electron chi connectivity index (χ1n) is 8.65. The van der Waals surface area contributed by atoms with Gasteiger partial charge >= 0.3 is 0 Å². The van der Waals surface area contributed by atoms with Crippen LogP contribution in [0.15, 0.2) is 48.5 Å². The molecule has 5 nitrogen and oxygen atoms in total. The van der Waals surface area contributed by atoms with Crippen molar-refractivity contribution >= 4 is 18.2 Å². The molecule has 0 unspecified atom stereocenters. The average molecular weight is 362 g/mol. The molecular formula is C19H28ClN5. The summed E-state index contributed by atoms with van der Waals surface area (Å²) in [7, 11) is 0. The number of nitrogens with one attached hydrogen (secondary N) is 2. The zero-order valence-electron chi connectivity index (χ0n) is 14.4. The number of rotatable bonds is 7. The van der Waals surface area contributed by atoms with Gasteiger partial charge in [0.05, 0.1) is 0 Å². The molecule has 1 aromatic heterocycles. The SMILES string of the molecule is Cl.Nc1cccc(C[C@H]2CNC[C@@H]2NC[C@H](N)Cc2ccccc2)n1. The van der Waals surface area contributed by atoms with Gasteiger partial charge in [0.2, 0.25) is 0 Å². The highest BCUT2D eigenvalue weighted by Gasteiger charge is 2.27. The van der Waals surface area contributed by atoms with E-state index in [-0.39, 0.29) is 18.4 Å². The molecule has 3 atom stereocenters. The van der Waals surface area contributed by atoms with Crippen molar-refractivity contribution in [3.63, 3.8) is 0 Å². The molecule has 25 heavy (non-hydrogen) atoms. The molecule has 0 saturated carbocycles. The van der Waals surface area contributed by atoms with Crippen molar-refractivity contribution in [3.05, 3.63) is 59.8 Å². The third-order valence-corrected chi connectivity index (χ3v) is 4.62. The highest BCUT2D eigenvalue weighted by Crippen LogP contribution is 2.16. The van der Waals surface area contributed by atoms with Gasteiger partial charge < -0.3 is 22.1 Å². The number of anilines is 1. The van der Waals surface area contributed by atoms with Gasteiger partial charge in [-0.3, -0.25) is 0 Å². The molecular weight excluding hydrogens is 334 g/mol. The van der Waals surface area contributed by atoms with Gasteiger partial charge in [0, 0.05) is 30.9 Å². The van der Waals surface area contributed by atoms with Crippen molar-refractivity contribution in [2.75, 3.05) is 25.4 Å². The molecule has 1 saturated heterocycles. The van der Waals surface area contributed by atoms with E-state index >= 15 is 0 Å². The van der Waals surface area contributed by atoms with Crippen LogP contribution >= 0.6 is 12.4 Å². The molecule has 0 bridgehead atoms. The van der Waals surface area contributed by atoms with Gasteiger partial charge in [0.25, 0.3) is 0 Å². The Balaban J connectivity index is 0.00000225. The largest absolute Gasteiger partial charge is 0.384 e. The van der Waals surface area contributed by atoms with Gasteiger partial charge in [-0.2, -0.15) is 0 Å². The summed E-state index contributed by atoms with van der Waals surface area (Å²) in [6, 6.07) is 16.8. The molecule has 0 radical (unpaired) electrons. The van der Waals surface area contributed by atoms with Crippen LogP contribution < -0.4 is 22.1 Å². The van der Waals surface area contributed by atoms with Crippen LogP contribution in [0.4, 0.5) is 5.82 Å². The number of benzene rings is 1. The van der Waals surface area contributed by atoms with Crippen LogP contribution in [0.3, 0.4) is 0 Å². The average Bonchev–Trinajstić information content (AvgIpc) is 3.01. The quantitative estimate of drug-likeness (QED) is 0.598. The number of nitrogen functional groups attached to an aromatic ring is 1. The van der Waals surface area contributed by atoms with E-state index in [1.807, 2.05) is 24.3 Å². The molecule has 0 aliphatic carbocycles. The second-order valence-corrected chi connectivity index (χ2v) is 6.64. The molecule has 2 heterocycles. The van der Waals surface area contributed by atoms with E-state index < -0.39 is 0 Å². The number of nitrogens with zero attached hydrogens (tertiary/aromatic N) is 1. The summed E-state index contributed by atoms with van der Waals surface area (Å²) in [6.07, 6.45) is 1.83. The monoisotopic (exact) mass is 361 g/mol. The summed E-state index contributed by atoms with van der Waals surface area (Å²) in [5.74, 6) is 1.11. The Labute approximate surface area is 156 Å². The molecule has 1 aliphatic rings. The van der Waals surface area contributed by atoms with Gasteiger partial charge in [-0.25, -0.2) is 4.98 Å². The summed E-state index contributed by atoms with van der Waals surface area (Å²) in [4.78, 5) is 4.42. The predicted molar refractivity (Wildman–Crippen MR) is 106 cm³/mol. The molecule has 2 aromatic rings. The number of hydrogen-bond acceptors (Lipinski definition) is 5. The minimum absolute atomic E-state index is 0. The summed E-state index contributed by atoms with van der Waals surface area (Å²) in [5, 5.41) is 7.11. The van der Waals surface area contributed by atoms with Crippen molar-refractivity contribution in [1.82, 2.24) is 15.6 Å². The lowest BCUT2D eigenvalue weighted by molar-refractivity contribution is 0.406. The van der Waals surface area contributed by atoms with Crippen molar-refractivity contribution < 1.29 is 0 Å². The lowest BCUT2D eigenvalue weighted by Crippen LogP contribution is -2.44. The topological polar surface area (TPSA) is 89.0 Å². The Morgan fingerprint density at radius 1 is 1.12 bits per heavy atom. The summed E-state index contributed by atoms with van der Waals surface area (Å²) >= 11 is 0.